The van der Waals surface area contributed by atoms with E-state index in [0.29, 0.717) is 17.9 Å². The monoisotopic (exact) mass is 217 g/mol. The summed E-state index contributed by atoms with van der Waals surface area (Å²) in [6.45, 7) is 2.35. The van der Waals surface area contributed by atoms with Gasteiger partial charge in [-0.05, 0) is 19.1 Å². The number of carboxylic acid groups (broad SMARTS) is 1. The molecule has 1 aromatic heterocycles. The van der Waals surface area contributed by atoms with Gasteiger partial charge in [-0.3, -0.25) is 0 Å². The molecule has 1 aromatic carbocycles. The Kier molecular flexibility index (Phi) is 2.72. The number of aromatic carboxylic acids is 1. The number of nitrogens with zero attached hydrogens (tertiary/aromatic N) is 1. The zero-order chi connectivity index (χ0) is 11.5. The summed E-state index contributed by atoms with van der Waals surface area (Å²) in [5.74, 6) is -0.489. The van der Waals surface area contributed by atoms with Crippen LogP contribution in [0.5, 0.6) is 5.75 Å². The van der Waals surface area contributed by atoms with E-state index in [1.165, 1.54) is 6.07 Å². The first-order chi connectivity index (χ1) is 7.72. The second kappa shape index (κ2) is 4.18. The third-order valence-corrected chi connectivity index (χ3v) is 2.20. The molecule has 4 heteroatoms. The fourth-order valence-electron chi connectivity index (χ4n) is 1.53. The molecule has 0 aliphatic rings. The Morgan fingerprint density at radius 1 is 1.44 bits per heavy atom. The van der Waals surface area contributed by atoms with Gasteiger partial charge in [0.15, 0.2) is 5.69 Å². The smallest absolute Gasteiger partial charge is 0.354 e. The first kappa shape index (κ1) is 10.4. The minimum atomic E-state index is -1.05. The van der Waals surface area contributed by atoms with Gasteiger partial charge in [0.1, 0.15) is 5.75 Å². The van der Waals surface area contributed by atoms with E-state index < -0.39 is 5.97 Å². The summed E-state index contributed by atoms with van der Waals surface area (Å²) >= 11 is 0. The lowest BCUT2D eigenvalue weighted by atomic mass is 10.2. The van der Waals surface area contributed by atoms with Crippen LogP contribution in [0.4, 0.5) is 0 Å². The largest absolute Gasteiger partial charge is 0.493 e. The van der Waals surface area contributed by atoms with Crippen LogP contribution in [0, 0.1) is 0 Å². The van der Waals surface area contributed by atoms with Crippen LogP contribution in [-0.4, -0.2) is 22.7 Å². The summed E-state index contributed by atoms with van der Waals surface area (Å²) in [5, 5.41) is 9.75. The van der Waals surface area contributed by atoms with Crippen LogP contribution in [0.25, 0.3) is 10.9 Å². The molecule has 0 amide bonds. The third kappa shape index (κ3) is 1.82. The van der Waals surface area contributed by atoms with E-state index in [9.17, 15) is 4.79 Å². The van der Waals surface area contributed by atoms with Gasteiger partial charge in [0.05, 0.1) is 12.1 Å². The van der Waals surface area contributed by atoms with Gasteiger partial charge in [-0.15, -0.1) is 0 Å². The molecule has 0 radical (unpaired) electrons. The molecule has 0 aliphatic heterocycles. The van der Waals surface area contributed by atoms with Crippen molar-refractivity contribution in [2.24, 2.45) is 0 Å². The van der Waals surface area contributed by atoms with Crippen LogP contribution in [0.15, 0.2) is 30.3 Å². The van der Waals surface area contributed by atoms with Gasteiger partial charge in [0.25, 0.3) is 0 Å². The first-order valence-electron chi connectivity index (χ1n) is 4.98. The maximum absolute atomic E-state index is 10.9. The maximum Gasteiger partial charge on any atom is 0.354 e. The van der Waals surface area contributed by atoms with Crippen LogP contribution >= 0.6 is 0 Å². The van der Waals surface area contributed by atoms with Crippen LogP contribution in [-0.2, 0) is 0 Å². The first-order valence-corrected chi connectivity index (χ1v) is 4.98. The van der Waals surface area contributed by atoms with E-state index >= 15 is 0 Å². The molecule has 0 spiro atoms. The number of benzene rings is 1. The zero-order valence-electron chi connectivity index (χ0n) is 8.80. The van der Waals surface area contributed by atoms with Crippen molar-refractivity contribution in [3.8, 4) is 5.75 Å². The van der Waals surface area contributed by atoms with Crippen molar-refractivity contribution in [1.82, 2.24) is 4.98 Å². The molecule has 1 N–H and O–H groups in total. The fraction of sp³-hybridized carbons (Fsp3) is 0.167. The fourth-order valence-corrected chi connectivity index (χ4v) is 1.53. The predicted octanol–water partition coefficient (Wildman–Crippen LogP) is 2.33. The number of hydrogen-bond donors (Lipinski definition) is 1. The summed E-state index contributed by atoms with van der Waals surface area (Å²) in [4.78, 5) is 14.9. The quantitative estimate of drug-likeness (QED) is 0.857. The third-order valence-electron chi connectivity index (χ3n) is 2.20. The average molecular weight is 217 g/mol. The lowest BCUT2D eigenvalue weighted by Crippen LogP contribution is -2.02. The number of pyridine rings is 1. The van der Waals surface area contributed by atoms with Crippen LogP contribution in [0.1, 0.15) is 17.4 Å². The molecule has 1 heterocycles. The Morgan fingerprint density at radius 2 is 2.19 bits per heavy atom. The van der Waals surface area contributed by atoms with Crippen LogP contribution in [0.2, 0.25) is 0 Å². The lowest BCUT2D eigenvalue weighted by molar-refractivity contribution is 0.0690. The molecule has 82 valence electrons. The number of fused-ring (bicyclic) bond motifs is 1. The van der Waals surface area contributed by atoms with Crippen molar-refractivity contribution in [3.63, 3.8) is 0 Å². The molecule has 0 saturated heterocycles. The number of ether oxygens (including phenoxy) is 1. The number of carbonyl (C=O) groups is 1. The van der Waals surface area contributed by atoms with Gasteiger partial charge in [0, 0.05) is 11.5 Å². The topological polar surface area (TPSA) is 59.4 Å². The van der Waals surface area contributed by atoms with E-state index in [0.717, 1.165) is 5.39 Å². The van der Waals surface area contributed by atoms with E-state index in [-0.39, 0.29) is 5.69 Å². The average Bonchev–Trinajstić information content (AvgIpc) is 2.29. The van der Waals surface area contributed by atoms with Crippen molar-refractivity contribution in [1.29, 1.82) is 0 Å². The molecular formula is C12H11NO3. The Bertz CT molecular complexity index is 537. The zero-order valence-corrected chi connectivity index (χ0v) is 8.80. The summed E-state index contributed by atoms with van der Waals surface area (Å²) < 4.78 is 5.41. The highest BCUT2D eigenvalue weighted by atomic mass is 16.5. The second-order valence-electron chi connectivity index (χ2n) is 3.26. The lowest BCUT2D eigenvalue weighted by Gasteiger charge is -2.07. The minimum Gasteiger partial charge on any atom is -0.493 e. The van der Waals surface area contributed by atoms with Gasteiger partial charge in [-0.2, -0.15) is 0 Å². The highest BCUT2D eigenvalue weighted by Gasteiger charge is 2.10. The van der Waals surface area contributed by atoms with E-state index in [1.54, 1.807) is 6.07 Å². The number of hydrogen-bond acceptors (Lipinski definition) is 3. The summed E-state index contributed by atoms with van der Waals surface area (Å²) in [6.07, 6.45) is 0. The number of para-hydroxylation sites is 1. The Balaban J connectivity index is 2.68. The van der Waals surface area contributed by atoms with Crippen molar-refractivity contribution in [2.45, 2.75) is 6.92 Å². The van der Waals surface area contributed by atoms with Crippen molar-refractivity contribution < 1.29 is 14.6 Å². The van der Waals surface area contributed by atoms with Crippen molar-refractivity contribution in [3.05, 3.63) is 36.0 Å². The highest BCUT2D eigenvalue weighted by molar-refractivity contribution is 5.93. The maximum atomic E-state index is 10.9. The standard InChI is InChI=1S/C12H11NO3/c1-2-16-11-7-10(12(14)15)13-9-6-4-3-5-8(9)11/h3-7H,2H2,1H3,(H,14,15). The van der Waals surface area contributed by atoms with E-state index in [1.807, 2.05) is 25.1 Å². The molecule has 0 unspecified atom stereocenters. The molecule has 0 saturated carbocycles. The summed E-state index contributed by atoms with van der Waals surface area (Å²) in [6, 6.07) is 8.76. The Labute approximate surface area is 92.5 Å². The Morgan fingerprint density at radius 3 is 2.88 bits per heavy atom. The normalized spacial score (nSPS) is 10.3. The van der Waals surface area contributed by atoms with Gasteiger partial charge >= 0.3 is 5.97 Å². The summed E-state index contributed by atoms with van der Waals surface area (Å²) in [7, 11) is 0. The Hall–Kier alpha value is -2.10. The van der Waals surface area contributed by atoms with Crippen LogP contribution in [0.3, 0.4) is 0 Å². The molecule has 2 aromatic rings. The molecule has 0 aliphatic carbocycles. The number of aromatic nitrogens is 1. The second-order valence-corrected chi connectivity index (χ2v) is 3.26. The molecule has 2 rings (SSSR count). The molecule has 0 bridgehead atoms. The van der Waals surface area contributed by atoms with Gasteiger partial charge in [-0.1, -0.05) is 12.1 Å². The SMILES string of the molecule is CCOc1cc(C(=O)O)nc2ccccc12. The van der Waals surface area contributed by atoms with Gasteiger partial charge in [0.2, 0.25) is 0 Å². The van der Waals surface area contributed by atoms with Gasteiger partial charge < -0.3 is 9.84 Å². The molecule has 0 fully saturated rings. The number of carboxylic acids is 1. The molecule has 4 nitrogen and oxygen atoms in total. The minimum absolute atomic E-state index is 0.00199. The highest BCUT2D eigenvalue weighted by Crippen LogP contribution is 2.25. The predicted molar refractivity (Wildman–Crippen MR) is 59.9 cm³/mol. The van der Waals surface area contributed by atoms with Crippen molar-refractivity contribution in [2.75, 3.05) is 6.61 Å². The molecule has 16 heavy (non-hydrogen) atoms. The summed E-state index contributed by atoms with van der Waals surface area (Å²) in [5.41, 5.74) is 0.632. The van der Waals surface area contributed by atoms with Gasteiger partial charge in [-0.25, -0.2) is 9.78 Å². The van der Waals surface area contributed by atoms with E-state index in [2.05, 4.69) is 4.98 Å². The van der Waals surface area contributed by atoms with Crippen molar-refractivity contribution >= 4 is 16.9 Å². The number of rotatable bonds is 3. The molecular weight excluding hydrogens is 206 g/mol. The molecule has 0 atom stereocenters. The van der Waals surface area contributed by atoms with Crippen LogP contribution < -0.4 is 4.74 Å². The van der Waals surface area contributed by atoms with E-state index in [4.69, 9.17) is 9.84 Å².